The number of fused-ring (bicyclic) bond motifs is 1. The number of hydrogen-bond acceptors (Lipinski definition) is 3. The van der Waals surface area contributed by atoms with E-state index in [1.54, 1.807) is 12.1 Å². The van der Waals surface area contributed by atoms with Crippen molar-refractivity contribution >= 4 is 20.8 Å². The van der Waals surface area contributed by atoms with Crippen molar-refractivity contribution < 1.29 is 8.42 Å². The third-order valence-electron chi connectivity index (χ3n) is 3.66. The molecule has 106 valence electrons. The maximum Gasteiger partial charge on any atom is 0.241 e. The van der Waals surface area contributed by atoms with E-state index in [2.05, 4.69) is 10.0 Å². The molecule has 1 aliphatic rings. The molecule has 0 bridgehead atoms. The summed E-state index contributed by atoms with van der Waals surface area (Å²) in [6, 6.07) is 12.9. The molecule has 0 aromatic heterocycles. The Balaban J connectivity index is 1.96. The smallest absolute Gasteiger partial charge is 0.241 e. The van der Waals surface area contributed by atoms with E-state index in [1.807, 2.05) is 30.3 Å². The summed E-state index contributed by atoms with van der Waals surface area (Å²) in [5.74, 6) is 0. The van der Waals surface area contributed by atoms with Crippen LogP contribution in [-0.2, 0) is 10.0 Å². The van der Waals surface area contributed by atoms with Gasteiger partial charge in [0.2, 0.25) is 10.0 Å². The van der Waals surface area contributed by atoms with Crippen molar-refractivity contribution in [2.75, 3.05) is 13.1 Å². The maximum atomic E-state index is 12.6. The largest absolute Gasteiger partial charge is 0.315 e. The lowest BCUT2D eigenvalue weighted by Gasteiger charge is -2.23. The van der Waals surface area contributed by atoms with Crippen LogP contribution >= 0.6 is 0 Å². The fourth-order valence-electron chi connectivity index (χ4n) is 2.67. The summed E-state index contributed by atoms with van der Waals surface area (Å²) < 4.78 is 28.0. The quantitative estimate of drug-likeness (QED) is 0.907. The Morgan fingerprint density at radius 2 is 1.90 bits per heavy atom. The van der Waals surface area contributed by atoms with Crippen molar-refractivity contribution in [3.63, 3.8) is 0 Å². The Bertz CT molecular complexity index is 701. The van der Waals surface area contributed by atoms with Crippen LogP contribution in [0.5, 0.6) is 0 Å². The molecule has 4 nitrogen and oxygen atoms in total. The van der Waals surface area contributed by atoms with Gasteiger partial charge in [0, 0.05) is 18.0 Å². The van der Waals surface area contributed by atoms with Gasteiger partial charge in [0.15, 0.2) is 0 Å². The highest BCUT2D eigenvalue weighted by atomic mass is 32.2. The number of nitrogens with one attached hydrogen (secondary N) is 2. The molecule has 5 heteroatoms. The molecule has 2 N–H and O–H groups in total. The summed E-state index contributed by atoms with van der Waals surface area (Å²) >= 11 is 0. The molecule has 0 radical (unpaired) electrons. The van der Waals surface area contributed by atoms with Gasteiger partial charge in [-0.1, -0.05) is 36.4 Å². The zero-order chi connectivity index (χ0) is 14.0. The molecule has 0 aliphatic carbocycles. The van der Waals surface area contributed by atoms with Crippen LogP contribution in [0.3, 0.4) is 0 Å². The molecule has 2 aromatic carbocycles. The van der Waals surface area contributed by atoms with Gasteiger partial charge in [-0.15, -0.1) is 0 Å². The van der Waals surface area contributed by atoms with Gasteiger partial charge in [-0.2, -0.15) is 0 Å². The number of piperidine rings is 1. The Morgan fingerprint density at radius 3 is 2.70 bits per heavy atom. The van der Waals surface area contributed by atoms with Gasteiger partial charge < -0.3 is 5.32 Å². The number of sulfonamides is 1. The standard InChI is InChI=1S/C15H18N2O2S/c18-20(19,17-13-7-4-10-16-11-13)15-9-3-6-12-5-1-2-8-14(12)15/h1-3,5-6,8-9,13,16-17H,4,7,10-11H2. The topological polar surface area (TPSA) is 58.2 Å². The van der Waals surface area contributed by atoms with Crippen LogP contribution in [0.1, 0.15) is 12.8 Å². The molecule has 1 unspecified atom stereocenters. The van der Waals surface area contributed by atoms with Gasteiger partial charge in [-0.05, 0) is 30.8 Å². The zero-order valence-electron chi connectivity index (χ0n) is 11.2. The first kappa shape index (κ1) is 13.5. The lowest BCUT2D eigenvalue weighted by molar-refractivity contribution is 0.429. The summed E-state index contributed by atoms with van der Waals surface area (Å²) in [5, 5.41) is 4.93. The lowest BCUT2D eigenvalue weighted by Crippen LogP contribution is -2.45. The fourth-order valence-corrected chi connectivity index (χ4v) is 4.17. The minimum absolute atomic E-state index is 0.0206. The number of hydrogen-bond donors (Lipinski definition) is 2. The van der Waals surface area contributed by atoms with Crippen molar-refractivity contribution in [3.05, 3.63) is 42.5 Å². The second-order valence-electron chi connectivity index (χ2n) is 5.14. The highest BCUT2D eigenvalue weighted by Crippen LogP contribution is 2.23. The third-order valence-corrected chi connectivity index (χ3v) is 5.24. The summed E-state index contributed by atoms with van der Waals surface area (Å²) in [6.45, 7) is 1.66. The Morgan fingerprint density at radius 1 is 1.10 bits per heavy atom. The number of rotatable bonds is 3. The van der Waals surface area contributed by atoms with Gasteiger partial charge in [-0.25, -0.2) is 13.1 Å². The van der Waals surface area contributed by atoms with Crippen LogP contribution in [0.25, 0.3) is 10.8 Å². The van der Waals surface area contributed by atoms with E-state index >= 15 is 0 Å². The van der Waals surface area contributed by atoms with Gasteiger partial charge >= 0.3 is 0 Å². The summed E-state index contributed by atoms with van der Waals surface area (Å²) in [5.41, 5.74) is 0. The van der Waals surface area contributed by atoms with Crippen LogP contribution < -0.4 is 10.0 Å². The Hall–Kier alpha value is -1.43. The first-order valence-corrected chi connectivity index (χ1v) is 8.36. The van der Waals surface area contributed by atoms with E-state index in [4.69, 9.17) is 0 Å². The molecular formula is C15H18N2O2S. The second kappa shape index (κ2) is 5.52. The summed E-state index contributed by atoms with van der Waals surface area (Å²) in [4.78, 5) is 0.362. The monoisotopic (exact) mass is 290 g/mol. The van der Waals surface area contributed by atoms with Crippen LogP contribution in [0.4, 0.5) is 0 Å². The van der Waals surface area contributed by atoms with Crippen LogP contribution in [-0.4, -0.2) is 27.5 Å². The molecule has 1 atom stereocenters. The van der Waals surface area contributed by atoms with Gasteiger partial charge in [-0.3, -0.25) is 0 Å². The van der Waals surface area contributed by atoms with E-state index in [0.717, 1.165) is 30.2 Å². The van der Waals surface area contributed by atoms with E-state index in [1.165, 1.54) is 0 Å². The second-order valence-corrected chi connectivity index (χ2v) is 6.82. The molecule has 1 heterocycles. The van der Waals surface area contributed by atoms with E-state index < -0.39 is 10.0 Å². The van der Waals surface area contributed by atoms with Crippen molar-refractivity contribution in [3.8, 4) is 0 Å². The minimum atomic E-state index is -3.48. The Kier molecular flexibility index (Phi) is 3.74. The average molecular weight is 290 g/mol. The van der Waals surface area contributed by atoms with Gasteiger partial charge in [0.25, 0.3) is 0 Å². The van der Waals surface area contributed by atoms with Crippen molar-refractivity contribution in [1.29, 1.82) is 0 Å². The van der Waals surface area contributed by atoms with Crippen molar-refractivity contribution in [2.45, 2.75) is 23.8 Å². The summed E-state index contributed by atoms with van der Waals surface area (Å²) in [6.07, 6.45) is 1.89. The minimum Gasteiger partial charge on any atom is -0.315 e. The fraction of sp³-hybridized carbons (Fsp3) is 0.333. The van der Waals surface area contributed by atoms with E-state index in [0.29, 0.717) is 11.4 Å². The third kappa shape index (κ3) is 2.70. The molecule has 20 heavy (non-hydrogen) atoms. The van der Waals surface area contributed by atoms with Crippen molar-refractivity contribution in [1.82, 2.24) is 10.0 Å². The molecule has 0 amide bonds. The molecule has 0 spiro atoms. The van der Waals surface area contributed by atoms with E-state index in [9.17, 15) is 8.42 Å². The molecular weight excluding hydrogens is 272 g/mol. The molecule has 1 aliphatic heterocycles. The predicted octanol–water partition coefficient (Wildman–Crippen LogP) is 1.87. The van der Waals surface area contributed by atoms with Crippen LogP contribution in [0, 0.1) is 0 Å². The lowest BCUT2D eigenvalue weighted by atomic mass is 10.1. The highest BCUT2D eigenvalue weighted by molar-refractivity contribution is 7.89. The van der Waals surface area contributed by atoms with Crippen LogP contribution in [0.15, 0.2) is 47.4 Å². The van der Waals surface area contributed by atoms with Gasteiger partial charge in [0.05, 0.1) is 4.90 Å². The molecule has 1 saturated heterocycles. The summed E-state index contributed by atoms with van der Waals surface area (Å²) in [7, 11) is -3.48. The normalized spacial score (nSPS) is 20.1. The molecule has 1 fully saturated rings. The van der Waals surface area contributed by atoms with Crippen LogP contribution in [0.2, 0.25) is 0 Å². The molecule has 3 rings (SSSR count). The van der Waals surface area contributed by atoms with Gasteiger partial charge in [0.1, 0.15) is 0 Å². The zero-order valence-corrected chi connectivity index (χ0v) is 12.0. The molecule has 0 saturated carbocycles. The average Bonchev–Trinajstić information content (AvgIpc) is 2.47. The number of benzene rings is 2. The first-order chi connectivity index (χ1) is 9.67. The molecule has 2 aromatic rings. The van der Waals surface area contributed by atoms with E-state index in [-0.39, 0.29) is 6.04 Å². The maximum absolute atomic E-state index is 12.6. The Labute approximate surface area is 119 Å². The predicted molar refractivity (Wildman–Crippen MR) is 80.2 cm³/mol. The highest BCUT2D eigenvalue weighted by Gasteiger charge is 2.22. The van der Waals surface area contributed by atoms with Crippen molar-refractivity contribution in [2.24, 2.45) is 0 Å². The SMILES string of the molecule is O=S(=O)(NC1CCCNC1)c1cccc2ccccc12. The first-order valence-electron chi connectivity index (χ1n) is 6.88.